The number of ether oxygens (including phenoxy) is 1. The molecule has 3 nitrogen and oxygen atoms in total. The summed E-state index contributed by atoms with van der Waals surface area (Å²) in [5.41, 5.74) is 0.773. The van der Waals surface area contributed by atoms with Crippen LogP contribution in [0.1, 0.15) is 18.6 Å². The summed E-state index contributed by atoms with van der Waals surface area (Å²) in [7, 11) is 0. The maximum absolute atomic E-state index is 9.46. The van der Waals surface area contributed by atoms with Gasteiger partial charge in [0.05, 0.1) is 6.10 Å². The van der Waals surface area contributed by atoms with Gasteiger partial charge in [-0.3, -0.25) is 0 Å². The number of benzene rings is 2. The molecule has 3 aromatic rings. The van der Waals surface area contributed by atoms with Gasteiger partial charge >= 0.3 is 0 Å². The fraction of sp³-hybridized carbons (Fsp3) is 0.118. The zero-order valence-corrected chi connectivity index (χ0v) is 11.2. The second-order valence-corrected chi connectivity index (χ2v) is 4.69. The molecule has 0 amide bonds. The molecule has 1 aromatic heterocycles. The molecule has 1 heterocycles. The van der Waals surface area contributed by atoms with E-state index in [4.69, 9.17) is 4.74 Å². The van der Waals surface area contributed by atoms with Gasteiger partial charge in [0.2, 0.25) is 5.88 Å². The molecule has 0 saturated heterocycles. The lowest BCUT2D eigenvalue weighted by atomic mass is 10.1. The number of hydrogen-bond donors (Lipinski definition) is 1. The first kappa shape index (κ1) is 12.6. The lowest BCUT2D eigenvalue weighted by Crippen LogP contribution is -1.94. The van der Waals surface area contributed by atoms with E-state index in [0.717, 1.165) is 22.1 Å². The van der Waals surface area contributed by atoms with Gasteiger partial charge in [0.15, 0.2) is 0 Å². The summed E-state index contributed by atoms with van der Waals surface area (Å²) < 4.78 is 5.83. The fourth-order valence-electron chi connectivity index (χ4n) is 2.10. The Balaban J connectivity index is 1.93. The van der Waals surface area contributed by atoms with Crippen molar-refractivity contribution < 1.29 is 9.84 Å². The Kier molecular flexibility index (Phi) is 3.35. The van der Waals surface area contributed by atoms with E-state index in [9.17, 15) is 5.11 Å². The standard InChI is InChI=1S/C17H15NO2/c1-12(19)14-9-10-17(18-11-14)20-16-8-4-6-13-5-2-3-7-15(13)16/h2-12,19H,1H3. The Morgan fingerprint density at radius 1 is 1.00 bits per heavy atom. The summed E-state index contributed by atoms with van der Waals surface area (Å²) in [6.07, 6.45) is 1.11. The molecule has 0 saturated carbocycles. The largest absolute Gasteiger partial charge is 0.438 e. The highest BCUT2D eigenvalue weighted by Crippen LogP contribution is 2.29. The molecular weight excluding hydrogens is 250 g/mol. The number of pyridine rings is 1. The number of rotatable bonds is 3. The minimum Gasteiger partial charge on any atom is -0.438 e. The highest BCUT2D eigenvalue weighted by molar-refractivity contribution is 5.88. The Morgan fingerprint density at radius 3 is 2.55 bits per heavy atom. The molecule has 1 unspecified atom stereocenters. The van der Waals surface area contributed by atoms with Crippen LogP contribution >= 0.6 is 0 Å². The van der Waals surface area contributed by atoms with Crippen LogP contribution in [-0.2, 0) is 0 Å². The number of hydrogen-bond acceptors (Lipinski definition) is 3. The SMILES string of the molecule is CC(O)c1ccc(Oc2cccc3ccccc23)nc1. The molecule has 20 heavy (non-hydrogen) atoms. The first-order valence-electron chi connectivity index (χ1n) is 6.54. The molecule has 0 aliphatic rings. The number of aliphatic hydroxyl groups is 1. The minimum atomic E-state index is -0.519. The van der Waals surface area contributed by atoms with Crippen molar-refractivity contribution in [3.8, 4) is 11.6 Å². The fourth-order valence-corrected chi connectivity index (χ4v) is 2.10. The quantitative estimate of drug-likeness (QED) is 0.775. The van der Waals surface area contributed by atoms with Gasteiger partial charge in [-0.15, -0.1) is 0 Å². The molecule has 100 valence electrons. The van der Waals surface area contributed by atoms with Crippen molar-refractivity contribution in [3.63, 3.8) is 0 Å². The van der Waals surface area contributed by atoms with Gasteiger partial charge in [-0.2, -0.15) is 0 Å². The van der Waals surface area contributed by atoms with Crippen LogP contribution in [-0.4, -0.2) is 10.1 Å². The average molecular weight is 265 g/mol. The van der Waals surface area contributed by atoms with Crippen molar-refractivity contribution in [2.24, 2.45) is 0 Å². The van der Waals surface area contributed by atoms with Gasteiger partial charge < -0.3 is 9.84 Å². The molecule has 0 fully saturated rings. The van der Waals surface area contributed by atoms with Crippen LogP contribution in [0.5, 0.6) is 11.6 Å². The lowest BCUT2D eigenvalue weighted by Gasteiger charge is -2.09. The van der Waals surface area contributed by atoms with Gasteiger partial charge in [-0.05, 0) is 30.0 Å². The van der Waals surface area contributed by atoms with Crippen LogP contribution in [0, 0.1) is 0 Å². The molecule has 2 aromatic carbocycles. The van der Waals surface area contributed by atoms with Crippen LogP contribution in [0.4, 0.5) is 0 Å². The predicted molar refractivity (Wildman–Crippen MR) is 78.9 cm³/mol. The molecule has 0 aliphatic heterocycles. The summed E-state index contributed by atoms with van der Waals surface area (Å²) >= 11 is 0. The second-order valence-electron chi connectivity index (χ2n) is 4.69. The Labute approximate surface area is 117 Å². The molecule has 3 rings (SSSR count). The van der Waals surface area contributed by atoms with Crippen molar-refractivity contribution in [2.75, 3.05) is 0 Å². The molecule has 1 atom stereocenters. The summed E-state index contributed by atoms with van der Waals surface area (Å²) in [6.45, 7) is 1.71. The monoisotopic (exact) mass is 265 g/mol. The summed E-state index contributed by atoms with van der Waals surface area (Å²) in [5.74, 6) is 1.30. The summed E-state index contributed by atoms with van der Waals surface area (Å²) in [6, 6.07) is 17.6. The normalized spacial score (nSPS) is 12.3. The van der Waals surface area contributed by atoms with Crippen molar-refractivity contribution in [2.45, 2.75) is 13.0 Å². The molecule has 0 aliphatic carbocycles. The average Bonchev–Trinajstić information content (AvgIpc) is 2.48. The summed E-state index contributed by atoms with van der Waals surface area (Å²) in [4.78, 5) is 4.22. The first-order valence-corrected chi connectivity index (χ1v) is 6.54. The first-order chi connectivity index (χ1) is 9.74. The molecule has 0 bridgehead atoms. The second kappa shape index (κ2) is 5.31. The van der Waals surface area contributed by atoms with Crippen molar-refractivity contribution in [1.82, 2.24) is 4.98 Å². The molecule has 1 N–H and O–H groups in total. The third-order valence-corrected chi connectivity index (χ3v) is 3.21. The molecular formula is C17H15NO2. The van der Waals surface area contributed by atoms with Gasteiger partial charge in [-0.25, -0.2) is 4.98 Å². The Morgan fingerprint density at radius 2 is 1.80 bits per heavy atom. The Hall–Kier alpha value is -2.39. The highest BCUT2D eigenvalue weighted by Gasteiger charge is 2.05. The van der Waals surface area contributed by atoms with Crippen LogP contribution < -0.4 is 4.74 Å². The number of aliphatic hydroxyl groups excluding tert-OH is 1. The number of fused-ring (bicyclic) bond motifs is 1. The van der Waals surface area contributed by atoms with E-state index in [1.165, 1.54) is 0 Å². The Bertz CT molecular complexity index is 715. The highest BCUT2D eigenvalue weighted by atomic mass is 16.5. The maximum atomic E-state index is 9.46. The van der Waals surface area contributed by atoms with Gasteiger partial charge in [0.25, 0.3) is 0 Å². The zero-order chi connectivity index (χ0) is 13.9. The van der Waals surface area contributed by atoms with E-state index < -0.39 is 6.10 Å². The third kappa shape index (κ3) is 2.49. The van der Waals surface area contributed by atoms with E-state index in [0.29, 0.717) is 5.88 Å². The zero-order valence-electron chi connectivity index (χ0n) is 11.2. The molecule has 0 radical (unpaired) electrons. The van der Waals surface area contributed by atoms with Crippen molar-refractivity contribution in [1.29, 1.82) is 0 Å². The van der Waals surface area contributed by atoms with E-state index in [-0.39, 0.29) is 0 Å². The smallest absolute Gasteiger partial charge is 0.219 e. The maximum Gasteiger partial charge on any atom is 0.219 e. The molecule has 3 heteroatoms. The molecule has 0 spiro atoms. The van der Waals surface area contributed by atoms with E-state index in [2.05, 4.69) is 4.98 Å². The third-order valence-electron chi connectivity index (χ3n) is 3.21. The van der Waals surface area contributed by atoms with Gasteiger partial charge in [0, 0.05) is 17.6 Å². The van der Waals surface area contributed by atoms with Crippen LogP contribution in [0.3, 0.4) is 0 Å². The van der Waals surface area contributed by atoms with Crippen molar-refractivity contribution >= 4 is 10.8 Å². The van der Waals surface area contributed by atoms with E-state index >= 15 is 0 Å². The van der Waals surface area contributed by atoms with Crippen LogP contribution in [0.2, 0.25) is 0 Å². The summed E-state index contributed by atoms with van der Waals surface area (Å²) in [5, 5.41) is 11.6. The van der Waals surface area contributed by atoms with Crippen LogP contribution in [0.15, 0.2) is 60.8 Å². The minimum absolute atomic E-state index is 0.519. The van der Waals surface area contributed by atoms with E-state index in [1.54, 1.807) is 19.2 Å². The van der Waals surface area contributed by atoms with Crippen molar-refractivity contribution in [3.05, 3.63) is 66.4 Å². The van der Waals surface area contributed by atoms with Crippen LogP contribution in [0.25, 0.3) is 10.8 Å². The van der Waals surface area contributed by atoms with E-state index in [1.807, 2.05) is 48.5 Å². The predicted octanol–water partition coefficient (Wildman–Crippen LogP) is 4.08. The topological polar surface area (TPSA) is 42.4 Å². The number of aromatic nitrogens is 1. The van der Waals surface area contributed by atoms with Gasteiger partial charge in [0.1, 0.15) is 5.75 Å². The number of nitrogens with zero attached hydrogens (tertiary/aromatic N) is 1. The van der Waals surface area contributed by atoms with Gasteiger partial charge in [-0.1, -0.05) is 36.4 Å². The lowest BCUT2D eigenvalue weighted by molar-refractivity contribution is 0.198.